The molecule has 0 saturated carbocycles. The lowest BCUT2D eigenvalue weighted by atomic mass is 10.0. The van der Waals surface area contributed by atoms with E-state index in [0.29, 0.717) is 0 Å². The van der Waals surface area contributed by atoms with Crippen LogP contribution in [-0.2, 0) is 6.42 Å². The normalized spacial score (nSPS) is 11.0. The number of hydrogen-bond acceptors (Lipinski definition) is 1. The topological polar surface area (TPSA) is 13.1 Å². The van der Waals surface area contributed by atoms with Crippen molar-refractivity contribution in [2.45, 2.75) is 6.42 Å². The van der Waals surface area contributed by atoms with Gasteiger partial charge in [0.2, 0.25) is 0 Å². The van der Waals surface area contributed by atoms with Gasteiger partial charge in [-0.05, 0) is 41.3 Å². The predicted octanol–water partition coefficient (Wildman–Crippen LogP) is 5.04. The summed E-state index contributed by atoms with van der Waals surface area (Å²) in [4.78, 5) is 0. The van der Waals surface area contributed by atoms with Crippen LogP contribution >= 0.6 is 0 Å². The molecule has 98 valence electrons. The molecule has 0 atom stereocenters. The first-order chi connectivity index (χ1) is 9.90. The summed E-state index contributed by atoms with van der Waals surface area (Å²) in [5.41, 5.74) is 3.84. The smallest absolute Gasteiger partial charge is 0.126 e. The van der Waals surface area contributed by atoms with Crippen molar-refractivity contribution in [3.05, 3.63) is 95.4 Å². The fourth-order valence-electron chi connectivity index (χ4n) is 2.14. The van der Waals surface area contributed by atoms with Gasteiger partial charge in [0, 0.05) is 0 Å². The highest BCUT2D eigenvalue weighted by Crippen LogP contribution is 2.13. The Morgan fingerprint density at radius 2 is 1.45 bits per heavy atom. The minimum Gasteiger partial charge on any atom is -0.465 e. The van der Waals surface area contributed by atoms with Crippen molar-refractivity contribution in [3.63, 3.8) is 0 Å². The summed E-state index contributed by atoms with van der Waals surface area (Å²) < 4.78 is 5.27. The first-order valence-corrected chi connectivity index (χ1v) is 6.75. The van der Waals surface area contributed by atoms with Gasteiger partial charge in [-0.15, -0.1) is 0 Å². The van der Waals surface area contributed by atoms with Gasteiger partial charge in [0.05, 0.1) is 6.26 Å². The molecular formula is C19H16O. The van der Waals surface area contributed by atoms with Crippen molar-refractivity contribution in [1.29, 1.82) is 0 Å². The first-order valence-electron chi connectivity index (χ1n) is 6.75. The lowest BCUT2D eigenvalue weighted by Gasteiger charge is -2.02. The molecule has 0 fully saturated rings. The van der Waals surface area contributed by atoms with E-state index in [-0.39, 0.29) is 0 Å². The second-order valence-electron chi connectivity index (χ2n) is 4.75. The van der Waals surface area contributed by atoms with Crippen LogP contribution in [0.25, 0.3) is 12.2 Å². The van der Waals surface area contributed by atoms with Crippen LogP contribution in [0.3, 0.4) is 0 Å². The summed E-state index contributed by atoms with van der Waals surface area (Å²) in [5.74, 6) is 0.873. The maximum atomic E-state index is 5.27. The van der Waals surface area contributed by atoms with Gasteiger partial charge in [0.1, 0.15) is 5.76 Å². The molecule has 0 saturated heterocycles. The molecule has 0 unspecified atom stereocenters. The Hall–Kier alpha value is -2.54. The van der Waals surface area contributed by atoms with Crippen LogP contribution < -0.4 is 0 Å². The molecule has 0 aliphatic heterocycles. The van der Waals surface area contributed by atoms with E-state index in [4.69, 9.17) is 4.42 Å². The molecule has 0 bridgehead atoms. The average Bonchev–Trinajstić information content (AvgIpc) is 3.01. The van der Waals surface area contributed by atoms with Gasteiger partial charge >= 0.3 is 0 Å². The molecule has 1 heteroatoms. The molecule has 0 amide bonds. The average molecular weight is 260 g/mol. The predicted molar refractivity (Wildman–Crippen MR) is 83.3 cm³/mol. The summed E-state index contributed by atoms with van der Waals surface area (Å²) in [6, 6.07) is 23.0. The highest BCUT2D eigenvalue weighted by Gasteiger charge is 1.96. The lowest BCUT2D eigenvalue weighted by molar-refractivity contribution is 0.557. The number of hydrogen-bond donors (Lipinski definition) is 0. The molecule has 0 spiro atoms. The van der Waals surface area contributed by atoms with Crippen molar-refractivity contribution in [2.75, 3.05) is 0 Å². The molecule has 0 aliphatic carbocycles. The first kappa shape index (κ1) is 12.5. The van der Waals surface area contributed by atoms with Crippen LogP contribution in [0.1, 0.15) is 22.5 Å². The number of rotatable bonds is 4. The van der Waals surface area contributed by atoms with Crippen molar-refractivity contribution in [1.82, 2.24) is 0 Å². The van der Waals surface area contributed by atoms with Gasteiger partial charge in [-0.25, -0.2) is 0 Å². The molecule has 3 rings (SSSR count). The van der Waals surface area contributed by atoms with E-state index in [2.05, 4.69) is 54.6 Å². The second kappa shape index (κ2) is 6.07. The molecule has 20 heavy (non-hydrogen) atoms. The zero-order valence-corrected chi connectivity index (χ0v) is 11.2. The van der Waals surface area contributed by atoms with Gasteiger partial charge < -0.3 is 4.42 Å². The Morgan fingerprint density at radius 1 is 0.700 bits per heavy atom. The molecule has 1 nitrogen and oxygen atoms in total. The maximum Gasteiger partial charge on any atom is 0.126 e. The van der Waals surface area contributed by atoms with E-state index in [0.717, 1.165) is 12.2 Å². The molecule has 0 N–H and O–H groups in total. The molecule has 1 heterocycles. The van der Waals surface area contributed by atoms with E-state index >= 15 is 0 Å². The minimum absolute atomic E-state index is 0.873. The summed E-state index contributed by atoms with van der Waals surface area (Å²) in [6.07, 6.45) is 6.70. The summed E-state index contributed by atoms with van der Waals surface area (Å²) >= 11 is 0. The van der Waals surface area contributed by atoms with E-state index in [9.17, 15) is 0 Å². The Balaban J connectivity index is 1.68. The summed E-state index contributed by atoms with van der Waals surface area (Å²) in [6.45, 7) is 0. The van der Waals surface area contributed by atoms with E-state index in [1.807, 2.05) is 24.3 Å². The standard InChI is InChI=1S/C19H16O/c1-2-5-17(6-3-1)15-18-10-8-16(9-11-18)12-13-19-7-4-14-20-19/h1-14H,15H2/b13-12+. The third-order valence-corrected chi connectivity index (χ3v) is 3.21. The van der Waals surface area contributed by atoms with Gasteiger partial charge in [0.25, 0.3) is 0 Å². The van der Waals surface area contributed by atoms with Crippen LogP contribution in [0.2, 0.25) is 0 Å². The van der Waals surface area contributed by atoms with E-state index in [1.54, 1.807) is 6.26 Å². The molecular weight excluding hydrogens is 244 g/mol. The van der Waals surface area contributed by atoms with E-state index in [1.165, 1.54) is 16.7 Å². The molecule has 3 aromatic rings. The van der Waals surface area contributed by atoms with Gasteiger partial charge in [-0.2, -0.15) is 0 Å². The fourth-order valence-corrected chi connectivity index (χ4v) is 2.14. The van der Waals surface area contributed by atoms with Crippen molar-refractivity contribution < 1.29 is 4.42 Å². The van der Waals surface area contributed by atoms with Gasteiger partial charge in [-0.3, -0.25) is 0 Å². The Bertz CT molecular complexity index is 662. The van der Waals surface area contributed by atoms with Crippen molar-refractivity contribution in [3.8, 4) is 0 Å². The second-order valence-corrected chi connectivity index (χ2v) is 4.75. The maximum absolute atomic E-state index is 5.27. The zero-order valence-electron chi connectivity index (χ0n) is 11.2. The largest absolute Gasteiger partial charge is 0.465 e. The van der Waals surface area contributed by atoms with Crippen molar-refractivity contribution >= 4 is 12.2 Å². The number of benzene rings is 2. The monoisotopic (exact) mass is 260 g/mol. The van der Waals surface area contributed by atoms with Crippen LogP contribution in [0.15, 0.2) is 77.4 Å². The quantitative estimate of drug-likeness (QED) is 0.640. The Morgan fingerprint density at radius 3 is 2.15 bits per heavy atom. The van der Waals surface area contributed by atoms with Crippen molar-refractivity contribution in [2.24, 2.45) is 0 Å². The molecule has 2 aromatic carbocycles. The van der Waals surface area contributed by atoms with E-state index < -0.39 is 0 Å². The number of furan rings is 1. The van der Waals surface area contributed by atoms with Gasteiger partial charge in [-0.1, -0.05) is 60.7 Å². The fraction of sp³-hybridized carbons (Fsp3) is 0.0526. The molecule has 0 aliphatic rings. The zero-order chi connectivity index (χ0) is 13.6. The Kier molecular flexibility index (Phi) is 3.79. The van der Waals surface area contributed by atoms with Crippen LogP contribution in [-0.4, -0.2) is 0 Å². The van der Waals surface area contributed by atoms with Crippen LogP contribution in [0.4, 0.5) is 0 Å². The summed E-state index contributed by atoms with van der Waals surface area (Å²) in [7, 11) is 0. The third kappa shape index (κ3) is 3.27. The van der Waals surface area contributed by atoms with Crippen LogP contribution in [0.5, 0.6) is 0 Å². The highest BCUT2D eigenvalue weighted by molar-refractivity contribution is 5.67. The van der Waals surface area contributed by atoms with Gasteiger partial charge in [0.15, 0.2) is 0 Å². The minimum atomic E-state index is 0.873. The SMILES string of the molecule is C(=C\c1ccco1)/c1ccc(Cc2ccccc2)cc1. The molecule has 1 aromatic heterocycles. The Labute approximate surface area is 119 Å². The lowest BCUT2D eigenvalue weighted by Crippen LogP contribution is -1.87. The highest BCUT2D eigenvalue weighted by atomic mass is 16.3. The molecule has 0 radical (unpaired) electrons. The van der Waals surface area contributed by atoms with Crippen LogP contribution in [0, 0.1) is 0 Å². The third-order valence-electron chi connectivity index (χ3n) is 3.21. The summed E-state index contributed by atoms with van der Waals surface area (Å²) in [5, 5.41) is 0.